The highest BCUT2D eigenvalue weighted by atomic mass is 35.5. The Hall–Kier alpha value is -2.39. The molecule has 0 atom stereocenters. The van der Waals surface area contributed by atoms with Gasteiger partial charge < -0.3 is 15.4 Å². The summed E-state index contributed by atoms with van der Waals surface area (Å²) in [7, 11) is 1.51. The fourth-order valence-electron chi connectivity index (χ4n) is 1.85. The lowest BCUT2D eigenvalue weighted by Crippen LogP contribution is -2.27. The third-order valence-electron chi connectivity index (χ3n) is 3.03. The molecule has 134 valence electrons. The highest BCUT2D eigenvalue weighted by Gasteiger charge is 2.33. The second-order valence-corrected chi connectivity index (χ2v) is 5.28. The third kappa shape index (κ3) is 5.30. The van der Waals surface area contributed by atoms with Gasteiger partial charge in [0.2, 0.25) is 0 Å². The molecule has 0 unspecified atom stereocenters. The van der Waals surface area contributed by atoms with E-state index in [9.17, 15) is 18.0 Å². The van der Waals surface area contributed by atoms with Crippen molar-refractivity contribution in [3.8, 4) is 0 Å². The number of methoxy groups -OCH3 is 1. The van der Waals surface area contributed by atoms with E-state index in [0.29, 0.717) is 13.2 Å². The van der Waals surface area contributed by atoms with Crippen LogP contribution < -0.4 is 10.6 Å². The van der Waals surface area contributed by atoms with E-state index in [0.717, 1.165) is 12.1 Å². The number of anilines is 2. The Labute approximate surface area is 146 Å². The average Bonchev–Trinajstić information content (AvgIpc) is 2.56. The Morgan fingerprint density at radius 2 is 2.00 bits per heavy atom. The van der Waals surface area contributed by atoms with E-state index in [-0.39, 0.29) is 17.2 Å². The van der Waals surface area contributed by atoms with Gasteiger partial charge in [-0.15, -0.1) is 10.2 Å². The van der Waals surface area contributed by atoms with E-state index in [2.05, 4.69) is 20.8 Å². The van der Waals surface area contributed by atoms with Crippen LogP contribution in [-0.4, -0.2) is 36.4 Å². The van der Waals surface area contributed by atoms with Crippen LogP contribution in [0.5, 0.6) is 0 Å². The smallest absolute Gasteiger partial charge is 0.383 e. The normalized spacial score (nSPS) is 11.2. The number of rotatable bonds is 6. The van der Waals surface area contributed by atoms with Crippen LogP contribution in [-0.2, 0) is 10.9 Å². The van der Waals surface area contributed by atoms with Crippen molar-refractivity contribution in [1.29, 1.82) is 0 Å². The van der Waals surface area contributed by atoms with E-state index >= 15 is 0 Å². The summed E-state index contributed by atoms with van der Waals surface area (Å²) in [5.74, 6) is -0.245. The van der Waals surface area contributed by atoms with Gasteiger partial charge in [0, 0.05) is 19.3 Å². The first-order chi connectivity index (χ1) is 11.8. The van der Waals surface area contributed by atoms with Gasteiger partial charge in [0.15, 0.2) is 11.5 Å². The Kier molecular flexibility index (Phi) is 6.16. The summed E-state index contributed by atoms with van der Waals surface area (Å²) in [4.78, 5) is 11.8. The first kappa shape index (κ1) is 18.9. The molecule has 2 aromatic rings. The predicted octanol–water partition coefficient (Wildman–Crippen LogP) is 3.27. The molecule has 1 amide bonds. The maximum Gasteiger partial charge on any atom is 0.417 e. The Bertz CT molecular complexity index is 739. The molecule has 1 heterocycles. The van der Waals surface area contributed by atoms with Crippen molar-refractivity contribution in [3.05, 3.63) is 46.6 Å². The van der Waals surface area contributed by atoms with Crippen molar-refractivity contribution in [2.75, 3.05) is 25.6 Å². The lowest BCUT2D eigenvalue weighted by molar-refractivity contribution is -0.137. The summed E-state index contributed by atoms with van der Waals surface area (Å²) >= 11 is 5.56. The van der Waals surface area contributed by atoms with E-state index in [1.807, 2.05) is 0 Å². The molecule has 6 nitrogen and oxygen atoms in total. The molecule has 1 aromatic carbocycles. The fourth-order valence-corrected chi connectivity index (χ4v) is 2.07. The molecule has 10 heteroatoms. The van der Waals surface area contributed by atoms with E-state index < -0.39 is 22.7 Å². The van der Waals surface area contributed by atoms with Crippen LogP contribution >= 0.6 is 11.6 Å². The van der Waals surface area contributed by atoms with Crippen LogP contribution in [0.3, 0.4) is 0 Å². The minimum Gasteiger partial charge on any atom is -0.383 e. The van der Waals surface area contributed by atoms with Gasteiger partial charge in [0.1, 0.15) is 0 Å². The topological polar surface area (TPSA) is 76.1 Å². The maximum atomic E-state index is 12.8. The summed E-state index contributed by atoms with van der Waals surface area (Å²) < 4.78 is 43.3. The molecule has 0 aliphatic carbocycles. The van der Waals surface area contributed by atoms with E-state index in [4.69, 9.17) is 16.3 Å². The molecule has 2 rings (SSSR count). The van der Waals surface area contributed by atoms with Crippen molar-refractivity contribution in [3.63, 3.8) is 0 Å². The fraction of sp³-hybridized carbons (Fsp3) is 0.267. The monoisotopic (exact) mass is 374 g/mol. The number of carbonyl (C=O) groups excluding carboxylic acids is 1. The molecule has 2 N–H and O–H groups in total. The number of hydrogen-bond acceptors (Lipinski definition) is 5. The molecular formula is C15H14ClF3N4O2. The summed E-state index contributed by atoms with van der Waals surface area (Å²) in [6.07, 6.45) is -4.56. The van der Waals surface area contributed by atoms with Crippen LogP contribution in [0.2, 0.25) is 5.02 Å². The average molecular weight is 375 g/mol. The molecule has 0 fully saturated rings. The number of amides is 1. The Morgan fingerprint density at radius 1 is 1.24 bits per heavy atom. The molecule has 25 heavy (non-hydrogen) atoms. The molecule has 0 aliphatic heterocycles. The Morgan fingerprint density at radius 3 is 2.60 bits per heavy atom. The molecule has 0 saturated carbocycles. The van der Waals surface area contributed by atoms with Crippen molar-refractivity contribution < 1.29 is 22.7 Å². The van der Waals surface area contributed by atoms with Gasteiger partial charge in [0.05, 0.1) is 17.2 Å². The second-order valence-electron chi connectivity index (χ2n) is 4.87. The summed E-state index contributed by atoms with van der Waals surface area (Å²) in [6, 6.07) is 6.22. The number of alkyl halides is 3. The van der Waals surface area contributed by atoms with Crippen molar-refractivity contribution in [1.82, 2.24) is 15.5 Å². The van der Waals surface area contributed by atoms with Crippen LogP contribution in [0.1, 0.15) is 16.1 Å². The summed E-state index contributed by atoms with van der Waals surface area (Å²) in [6.45, 7) is 0.679. The number of halogens is 4. The zero-order valence-corrected chi connectivity index (χ0v) is 13.8. The van der Waals surface area contributed by atoms with Gasteiger partial charge in [0.25, 0.3) is 5.91 Å². The molecule has 0 radical (unpaired) electrons. The summed E-state index contributed by atoms with van der Waals surface area (Å²) in [5.41, 5.74) is -0.738. The second kappa shape index (κ2) is 8.13. The maximum absolute atomic E-state index is 12.8. The lowest BCUT2D eigenvalue weighted by atomic mass is 10.2. The third-order valence-corrected chi connectivity index (χ3v) is 3.36. The quantitative estimate of drug-likeness (QED) is 0.759. The van der Waals surface area contributed by atoms with Crippen molar-refractivity contribution in [2.45, 2.75) is 6.18 Å². The molecular weight excluding hydrogens is 361 g/mol. The number of benzene rings is 1. The number of nitrogens with zero attached hydrogens (tertiary/aromatic N) is 2. The molecule has 0 bridgehead atoms. The molecule has 0 saturated heterocycles. The lowest BCUT2D eigenvalue weighted by Gasteiger charge is -2.12. The van der Waals surface area contributed by atoms with Crippen LogP contribution in [0.25, 0.3) is 0 Å². The zero-order valence-electron chi connectivity index (χ0n) is 13.0. The standard InChI is InChI=1S/C15H14ClF3N4O2/c1-25-7-6-20-14(24)12-4-5-13(23-22-12)21-9-2-3-11(16)10(8-9)15(17,18)19/h2-5,8H,6-7H2,1H3,(H,20,24)(H,21,23). The number of ether oxygens (including phenoxy) is 1. The van der Waals surface area contributed by atoms with E-state index in [1.54, 1.807) is 0 Å². The van der Waals surface area contributed by atoms with Gasteiger partial charge in [-0.2, -0.15) is 13.2 Å². The van der Waals surface area contributed by atoms with Crippen molar-refractivity contribution >= 4 is 29.0 Å². The molecule has 0 spiro atoms. The van der Waals surface area contributed by atoms with Gasteiger partial charge in [-0.3, -0.25) is 4.79 Å². The number of carbonyl (C=O) groups is 1. The minimum atomic E-state index is -4.56. The first-order valence-corrected chi connectivity index (χ1v) is 7.43. The number of aromatic nitrogens is 2. The van der Waals surface area contributed by atoms with Gasteiger partial charge in [-0.25, -0.2) is 0 Å². The minimum absolute atomic E-state index is 0.0775. The highest BCUT2D eigenvalue weighted by molar-refractivity contribution is 6.31. The number of nitrogens with one attached hydrogen (secondary N) is 2. The van der Waals surface area contributed by atoms with Crippen LogP contribution in [0.4, 0.5) is 24.7 Å². The largest absolute Gasteiger partial charge is 0.417 e. The highest BCUT2D eigenvalue weighted by Crippen LogP contribution is 2.36. The van der Waals surface area contributed by atoms with Gasteiger partial charge in [-0.1, -0.05) is 11.6 Å². The Balaban J connectivity index is 2.08. The SMILES string of the molecule is COCCNC(=O)c1ccc(Nc2ccc(Cl)c(C(F)(F)F)c2)nn1. The zero-order chi connectivity index (χ0) is 18.4. The van der Waals surface area contributed by atoms with Crippen LogP contribution in [0, 0.1) is 0 Å². The molecule has 0 aliphatic rings. The predicted molar refractivity (Wildman–Crippen MR) is 86.0 cm³/mol. The first-order valence-electron chi connectivity index (χ1n) is 7.06. The van der Waals surface area contributed by atoms with Crippen molar-refractivity contribution in [2.24, 2.45) is 0 Å². The summed E-state index contributed by atoms with van der Waals surface area (Å²) in [5, 5.41) is 12.4. The van der Waals surface area contributed by atoms with Crippen LogP contribution in [0.15, 0.2) is 30.3 Å². The van der Waals surface area contributed by atoms with E-state index in [1.165, 1.54) is 25.3 Å². The molecule has 1 aromatic heterocycles. The van der Waals surface area contributed by atoms with Gasteiger partial charge in [-0.05, 0) is 30.3 Å². The van der Waals surface area contributed by atoms with Gasteiger partial charge >= 0.3 is 6.18 Å². The number of hydrogen-bond donors (Lipinski definition) is 2.